The molecule has 1 aliphatic heterocycles. The maximum Gasteiger partial charge on any atom is 0.250 e. The van der Waals surface area contributed by atoms with Crippen molar-refractivity contribution >= 4 is 5.69 Å². The number of aromatic nitrogens is 1. The number of nitrogen functional groups attached to an aromatic ring is 1. The van der Waals surface area contributed by atoms with Crippen LogP contribution >= 0.6 is 0 Å². The topological polar surface area (TPSA) is 51.3 Å². The normalized spacial score (nSPS) is 24.5. The van der Waals surface area contributed by atoms with Crippen LogP contribution in [0.15, 0.2) is 23.1 Å². The summed E-state index contributed by atoms with van der Waals surface area (Å²) in [6.07, 6.45) is 5.33. The van der Waals surface area contributed by atoms with Crippen LogP contribution in [0, 0.1) is 5.92 Å². The van der Waals surface area contributed by atoms with Gasteiger partial charge in [-0.3, -0.25) is 4.79 Å². The average Bonchev–Trinajstić information content (AvgIpc) is 2.36. The van der Waals surface area contributed by atoms with E-state index in [2.05, 4.69) is 18.7 Å². The van der Waals surface area contributed by atoms with Crippen LogP contribution in [0.25, 0.3) is 0 Å². The molecule has 1 aromatic heterocycles. The second-order valence-electron chi connectivity index (χ2n) is 5.86. The number of likely N-dealkylation sites (tertiary alicyclic amines) is 1. The van der Waals surface area contributed by atoms with Gasteiger partial charge >= 0.3 is 0 Å². The lowest BCUT2D eigenvalue weighted by molar-refractivity contribution is 0.126. The minimum atomic E-state index is 0.0366. The first-order valence-corrected chi connectivity index (χ1v) is 7.26. The standard InChI is InChI=1S/C15H25N3O/c1-12-6-9-17(13(2)10-12)7-3-8-18-11-14(16)4-5-15(18)19/h4-5,11-13H,3,6-10,16H2,1-2H3. The number of rotatable bonds is 4. The highest BCUT2D eigenvalue weighted by Gasteiger charge is 2.21. The maximum atomic E-state index is 11.7. The second-order valence-corrected chi connectivity index (χ2v) is 5.86. The number of aryl methyl sites for hydroxylation is 1. The highest BCUT2D eigenvalue weighted by Crippen LogP contribution is 2.21. The summed E-state index contributed by atoms with van der Waals surface area (Å²) in [6, 6.07) is 3.87. The van der Waals surface area contributed by atoms with Gasteiger partial charge in [-0.2, -0.15) is 0 Å². The van der Waals surface area contributed by atoms with Crippen LogP contribution in [0.4, 0.5) is 5.69 Å². The Morgan fingerprint density at radius 2 is 2.11 bits per heavy atom. The quantitative estimate of drug-likeness (QED) is 0.903. The molecule has 4 nitrogen and oxygen atoms in total. The first-order valence-electron chi connectivity index (χ1n) is 7.26. The molecule has 4 heteroatoms. The molecule has 1 aromatic rings. The predicted molar refractivity (Wildman–Crippen MR) is 79.2 cm³/mol. The van der Waals surface area contributed by atoms with E-state index < -0.39 is 0 Å². The van der Waals surface area contributed by atoms with E-state index >= 15 is 0 Å². The van der Waals surface area contributed by atoms with E-state index in [4.69, 9.17) is 5.73 Å². The van der Waals surface area contributed by atoms with Gasteiger partial charge in [0, 0.05) is 37.1 Å². The summed E-state index contributed by atoms with van der Waals surface area (Å²) in [5.41, 5.74) is 6.40. The Morgan fingerprint density at radius 3 is 2.84 bits per heavy atom. The molecule has 0 aliphatic carbocycles. The molecule has 1 saturated heterocycles. The fourth-order valence-corrected chi connectivity index (χ4v) is 2.96. The Morgan fingerprint density at radius 1 is 1.32 bits per heavy atom. The van der Waals surface area contributed by atoms with Crippen molar-refractivity contribution in [3.05, 3.63) is 28.7 Å². The molecule has 0 saturated carbocycles. The van der Waals surface area contributed by atoms with Crippen molar-refractivity contribution in [2.45, 2.75) is 45.7 Å². The van der Waals surface area contributed by atoms with Gasteiger partial charge in [0.2, 0.25) is 0 Å². The minimum Gasteiger partial charge on any atom is -0.398 e. The summed E-state index contributed by atoms with van der Waals surface area (Å²) in [7, 11) is 0. The average molecular weight is 263 g/mol. The van der Waals surface area contributed by atoms with Gasteiger partial charge in [-0.25, -0.2) is 0 Å². The molecule has 0 radical (unpaired) electrons. The smallest absolute Gasteiger partial charge is 0.250 e. The van der Waals surface area contributed by atoms with Crippen LogP contribution in [0.3, 0.4) is 0 Å². The number of piperidine rings is 1. The van der Waals surface area contributed by atoms with E-state index in [0.29, 0.717) is 11.7 Å². The molecule has 0 amide bonds. The van der Waals surface area contributed by atoms with Gasteiger partial charge in [-0.15, -0.1) is 0 Å². The lowest BCUT2D eigenvalue weighted by Gasteiger charge is -2.36. The summed E-state index contributed by atoms with van der Waals surface area (Å²) < 4.78 is 1.71. The summed E-state index contributed by atoms with van der Waals surface area (Å²) in [6.45, 7) is 7.65. The molecular formula is C15H25N3O. The van der Waals surface area contributed by atoms with Crippen LogP contribution in [0.1, 0.15) is 33.1 Å². The van der Waals surface area contributed by atoms with Gasteiger partial charge in [0.25, 0.3) is 5.56 Å². The van der Waals surface area contributed by atoms with Gasteiger partial charge in [0.15, 0.2) is 0 Å². The lowest BCUT2D eigenvalue weighted by atomic mass is 9.93. The summed E-state index contributed by atoms with van der Waals surface area (Å²) >= 11 is 0. The number of nitrogens with two attached hydrogens (primary N) is 1. The van der Waals surface area contributed by atoms with Crippen LogP contribution in [-0.4, -0.2) is 28.6 Å². The monoisotopic (exact) mass is 263 g/mol. The fraction of sp³-hybridized carbons (Fsp3) is 0.667. The maximum absolute atomic E-state index is 11.7. The predicted octanol–water partition coefficient (Wildman–Crippen LogP) is 1.94. The van der Waals surface area contributed by atoms with E-state index in [9.17, 15) is 4.79 Å². The van der Waals surface area contributed by atoms with Crippen molar-refractivity contribution in [3.8, 4) is 0 Å². The third-order valence-electron chi connectivity index (χ3n) is 4.13. The van der Waals surface area contributed by atoms with Crippen LogP contribution in [0.2, 0.25) is 0 Å². The van der Waals surface area contributed by atoms with Gasteiger partial charge in [0.1, 0.15) is 0 Å². The van der Waals surface area contributed by atoms with Crippen LogP contribution in [0.5, 0.6) is 0 Å². The summed E-state index contributed by atoms with van der Waals surface area (Å²) in [4.78, 5) is 14.2. The van der Waals surface area contributed by atoms with Crippen molar-refractivity contribution in [2.24, 2.45) is 5.92 Å². The van der Waals surface area contributed by atoms with Crippen molar-refractivity contribution in [3.63, 3.8) is 0 Å². The van der Waals surface area contributed by atoms with Crippen molar-refractivity contribution in [1.82, 2.24) is 9.47 Å². The number of anilines is 1. The van der Waals surface area contributed by atoms with E-state index in [1.165, 1.54) is 19.4 Å². The Bertz CT molecular complexity index is 469. The van der Waals surface area contributed by atoms with Gasteiger partial charge in [-0.1, -0.05) is 6.92 Å². The van der Waals surface area contributed by atoms with E-state index in [1.807, 2.05) is 0 Å². The zero-order valence-corrected chi connectivity index (χ0v) is 12.0. The Labute approximate surface area is 115 Å². The fourth-order valence-electron chi connectivity index (χ4n) is 2.96. The molecule has 106 valence electrons. The summed E-state index contributed by atoms with van der Waals surface area (Å²) in [5.74, 6) is 0.850. The Kier molecular flexibility index (Phi) is 4.64. The number of nitrogens with zero attached hydrogens (tertiary/aromatic N) is 2. The minimum absolute atomic E-state index is 0.0366. The molecule has 0 bridgehead atoms. The molecular weight excluding hydrogens is 238 g/mol. The third kappa shape index (κ3) is 3.83. The summed E-state index contributed by atoms with van der Waals surface area (Å²) in [5, 5.41) is 0. The SMILES string of the molecule is CC1CCN(CCCn2cc(N)ccc2=O)C(C)C1. The highest BCUT2D eigenvalue weighted by molar-refractivity contribution is 5.33. The van der Waals surface area contributed by atoms with Crippen molar-refractivity contribution in [2.75, 3.05) is 18.8 Å². The molecule has 1 aliphatic rings. The first kappa shape index (κ1) is 14.1. The molecule has 2 unspecified atom stereocenters. The number of hydrogen-bond donors (Lipinski definition) is 1. The molecule has 1 fully saturated rings. The van der Waals surface area contributed by atoms with Gasteiger partial charge in [0.05, 0.1) is 0 Å². The molecule has 19 heavy (non-hydrogen) atoms. The van der Waals surface area contributed by atoms with Gasteiger partial charge < -0.3 is 15.2 Å². The molecule has 2 atom stereocenters. The highest BCUT2D eigenvalue weighted by atomic mass is 16.1. The first-order chi connectivity index (χ1) is 9.06. The van der Waals surface area contributed by atoms with E-state index in [1.54, 1.807) is 22.9 Å². The largest absolute Gasteiger partial charge is 0.398 e. The van der Waals surface area contributed by atoms with Crippen molar-refractivity contribution in [1.29, 1.82) is 0 Å². The van der Waals surface area contributed by atoms with Crippen LogP contribution < -0.4 is 11.3 Å². The molecule has 2 heterocycles. The second kappa shape index (κ2) is 6.24. The molecule has 0 spiro atoms. The Hall–Kier alpha value is -1.29. The van der Waals surface area contributed by atoms with Crippen LogP contribution in [-0.2, 0) is 6.54 Å². The molecule has 2 N–H and O–H groups in total. The zero-order chi connectivity index (χ0) is 13.8. The van der Waals surface area contributed by atoms with E-state index in [-0.39, 0.29) is 5.56 Å². The van der Waals surface area contributed by atoms with Crippen molar-refractivity contribution < 1.29 is 0 Å². The third-order valence-corrected chi connectivity index (χ3v) is 4.13. The lowest BCUT2D eigenvalue weighted by Crippen LogP contribution is -2.41. The molecule has 2 rings (SSSR count). The van der Waals surface area contributed by atoms with Gasteiger partial charge in [-0.05, 0) is 44.7 Å². The number of pyridine rings is 1. The van der Waals surface area contributed by atoms with E-state index in [0.717, 1.165) is 25.4 Å². The molecule has 0 aromatic carbocycles. The number of hydrogen-bond acceptors (Lipinski definition) is 3. The zero-order valence-electron chi connectivity index (χ0n) is 12.0. The Balaban J connectivity index is 1.83.